The van der Waals surface area contributed by atoms with E-state index in [0.29, 0.717) is 0 Å². The van der Waals surface area contributed by atoms with E-state index in [2.05, 4.69) is 11.0 Å². The molecule has 68 valence electrons. The fourth-order valence-corrected chi connectivity index (χ4v) is 1.47. The summed E-state index contributed by atoms with van der Waals surface area (Å²) in [7, 11) is 1.91. The Kier molecular flexibility index (Phi) is 2.08. The number of terminal acetylenes is 1. The quantitative estimate of drug-likeness (QED) is 0.617. The van der Waals surface area contributed by atoms with Gasteiger partial charge < -0.3 is 0 Å². The number of aryl methyl sites for hydroxylation is 1. The van der Waals surface area contributed by atoms with Gasteiger partial charge >= 0.3 is 0 Å². The van der Waals surface area contributed by atoms with Crippen LogP contribution in [0.5, 0.6) is 0 Å². The molecule has 0 aliphatic rings. The molecule has 0 N–H and O–H groups in total. The maximum absolute atomic E-state index is 5.43. The van der Waals surface area contributed by atoms with E-state index in [-0.39, 0.29) is 0 Å². The van der Waals surface area contributed by atoms with Gasteiger partial charge in [0.05, 0.1) is 5.69 Å². The highest BCUT2D eigenvalue weighted by molar-refractivity contribution is 5.67. The van der Waals surface area contributed by atoms with Crippen LogP contribution in [0.15, 0.2) is 36.5 Å². The number of hydrogen-bond acceptors (Lipinski definition) is 1. The molecule has 0 aliphatic carbocycles. The molecule has 0 atom stereocenters. The predicted octanol–water partition coefficient (Wildman–Crippen LogP) is 2.07. The predicted molar refractivity (Wildman–Crippen MR) is 56.6 cm³/mol. The molecule has 0 saturated carbocycles. The van der Waals surface area contributed by atoms with E-state index in [1.165, 1.54) is 0 Å². The van der Waals surface area contributed by atoms with Crippen LogP contribution in [-0.2, 0) is 7.05 Å². The van der Waals surface area contributed by atoms with Gasteiger partial charge in [-0.05, 0) is 12.1 Å². The molecule has 0 radical (unpaired) electrons. The summed E-state index contributed by atoms with van der Waals surface area (Å²) in [5, 5.41) is 4.12. The molecular weight excluding hydrogens is 172 g/mol. The molecule has 0 bridgehead atoms. The number of aromatic nitrogens is 2. The molecule has 0 aliphatic heterocycles. The largest absolute Gasteiger partial charge is 0.268 e. The molecule has 2 heteroatoms. The summed E-state index contributed by atoms with van der Waals surface area (Å²) in [5.74, 6) is 2.67. The van der Waals surface area contributed by atoms with Gasteiger partial charge in [-0.2, -0.15) is 5.10 Å². The van der Waals surface area contributed by atoms with Crippen LogP contribution >= 0.6 is 0 Å². The third kappa shape index (κ3) is 1.29. The minimum absolute atomic E-state index is 0.899. The normalized spacial score (nSPS) is 9.71. The Bertz CT molecular complexity index is 489. The first-order valence-corrected chi connectivity index (χ1v) is 4.37. The summed E-state index contributed by atoms with van der Waals surface area (Å²) >= 11 is 0. The standard InChI is InChI=1S/C12H10N2/c1-3-10-6-4-5-7-11(10)12-8-9-13-14(12)2/h1,4-9H,2H3. The van der Waals surface area contributed by atoms with Gasteiger partial charge in [-0.25, -0.2) is 0 Å². The number of rotatable bonds is 1. The summed E-state index contributed by atoms with van der Waals surface area (Å²) in [5.41, 5.74) is 2.99. The van der Waals surface area contributed by atoms with Crippen molar-refractivity contribution in [3.63, 3.8) is 0 Å². The second-order valence-corrected chi connectivity index (χ2v) is 3.03. The third-order valence-corrected chi connectivity index (χ3v) is 2.18. The molecule has 0 spiro atoms. The van der Waals surface area contributed by atoms with Crippen LogP contribution in [0.3, 0.4) is 0 Å². The Morgan fingerprint density at radius 1 is 1.29 bits per heavy atom. The average molecular weight is 182 g/mol. The summed E-state index contributed by atoms with van der Waals surface area (Å²) in [6, 6.07) is 9.81. The van der Waals surface area contributed by atoms with Crippen LogP contribution in [0, 0.1) is 12.3 Å². The second-order valence-electron chi connectivity index (χ2n) is 3.03. The topological polar surface area (TPSA) is 17.8 Å². The molecule has 1 aromatic carbocycles. The van der Waals surface area contributed by atoms with E-state index in [4.69, 9.17) is 6.42 Å². The smallest absolute Gasteiger partial charge is 0.0691 e. The lowest BCUT2D eigenvalue weighted by atomic mass is 10.1. The SMILES string of the molecule is C#Cc1ccccc1-c1ccnn1C. The first kappa shape index (κ1) is 8.58. The monoisotopic (exact) mass is 182 g/mol. The maximum atomic E-state index is 5.43. The first-order valence-electron chi connectivity index (χ1n) is 4.37. The number of hydrogen-bond donors (Lipinski definition) is 0. The van der Waals surface area contributed by atoms with Crippen LogP contribution in [-0.4, -0.2) is 9.78 Å². The molecule has 0 amide bonds. The van der Waals surface area contributed by atoms with Gasteiger partial charge in [0.1, 0.15) is 0 Å². The zero-order valence-corrected chi connectivity index (χ0v) is 7.94. The highest BCUT2D eigenvalue weighted by Gasteiger charge is 2.05. The van der Waals surface area contributed by atoms with Crippen molar-refractivity contribution in [3.8, 4) is 23.6 Å². The Hall–Kier alpha value is -2.01. The van der Waals surface area contributed by atoms with E-state index in [9.17, 15) is 0 Å². The minimum Gasteiger partial charge on any atom is -0.268 e. The van der Waals surface area contributed by atoms with Gasteiger partial charge in [0, 0.05) is 24.4 Å². The van der Waals surface area contributed by atoms with Crippen LogP contribution < -0.4 is 0 Å². The summed E-state index contributed by atoms with van der Waals surface area (Å²) < 4.78 is 1.82. The molecule has 0 unspecified atom stereocenters. The summed E-state index contributed by atoms with van der Waals surface area (Å²) in [4.78, 5) is 0. The summed E-state index contributed by atoms with van der Waals surface area (Å²) in [6.07, 6.45) is 7.19. The maximum Gasteiger partial charge on any atom is 0.0691 e. The molecule has 1 aromatic heterocycles. The Balaban J connectivity index is 2.64. The Morgan fingerprint density at radius 3 is 2.71 bits per heavy atom. The molecule has 1 heterocycles. The summed E-state index contributed by atoms with van der Waals surface area (Å²) in [6.45, 7) is 0. The minimum atomic E-state index is 0.899. The van der Waals surface area contributed by atoms with Crippen molar-refractivity contribution < 1.29 is 0 Å². The fourth-order valence-electron chi connectivity index (χ4n) is 1.47. The van der Waals surface area contributed by atoms with Crippen molar-refractivity contribution in [3.05, 3.63) is 42.1 Å². The van der Waals surface area contributed by atoms with Crippen molar-refractivity contribution in [1.29, 1.82) is 0 Å². The Labute approximate surface area is 83.2 Å². The number of benzene rings is 1. The van der Waals surface area contributed by atoms with Gasteiger partial charge in [-0.15, -0.1) is 6.42 Å². The average Bonchev–Trinajstić information content (AvgIpc) is 2.64. The van der Waals surface area contributed by atoms with Crippen LogP contribution in [0.1, 0.15) is 5.56 Å². The van der Waals surface area contributed by atoms with Crippen molar-refractivity contribution in [2.75, 3.05) is 0 Å². The lowest BCUT2D eigenvalue weighted by molar-refractivity contribution is 0.775. The lowest BCUT2D eigenvalue weighted by Gasteiger charge is -2.04. The number of nitrogens with zero attached hydrogens (tertiary/aromatic N) is 2. The molecule has 2 nitrogen and oxygen atoms in total. The Morgan fingerprint density at radius 2 is 2.07 bits per heavy atom. The highest BCUT2D eigenvalue weighted by Crippen LogP contribution is 2.21. The lowest BCUT2D eigenvalue weighted by Crippen LogP contribution is -1.94. The van der Waals surface area contributed by atoms with Gasteiger partial charge in [0.2, 0.25) is 0 Å². The van der Waals surface area contributed by atoms with Crippen molar-refractivity contribution >= 4 is 0 Å². The van der Waals surface area contributed by atoms with Crippen molar-refractivity contribution in [1.82, 2.24) is 9.78 Å². The van der Waals surface area contributed by atoms with E-state index >= 15 is 0 Å². The van der Waals surface area contributed by atoms with Crippen molar-refractivity contribution in [2.45, 2.75) is 0 Å². The van der Waals surface area contributed by atoms with Gasteiger partial charge in [-0.1, -0.05) is 24.1 Å². The molecule has 0 saturated heterocycles. The van der Waals surface area contributed by atoms with Crippen LogP contribution in [0.2, 0.25) is 0 Å². The molecular formula is C12H10N2. The van der Waals surface area contributed by atoms with Crippen LogP contribution in [0.4, 0.5) is 0 Å². The zero-order chi connectivity index (χ0) is 9.97. The van der Waals surface area contributed by atoms with Crippen LogP contribution in [0.25, 0.3) is 11.3 Å². The zero-order valence-electron chi connectivity index (χ0n) is 7.94. The van der Waals surface area contributed by atoms with Crippen molar-refractivity contribution in [2.24, 2.45) is 7.05 Å². The van der Waals surface area contributed by atoms with Gasteiger partial charge in [0.25, 0.3) is 0 Å². The molecule has 2 rings (SSSR count). The second kappa shape index (κ2) is 3.39. The highest BCUT2D eigenvalue weighted by atomic mass is 15.3. The van der Waals surface area contributed by atoms with E-state index in [1.807, 2.05) is 42.1 Å². The van der Waals surface area contributed by atoms with E-state index < -0.39 is 0 Å². The molecule has 14 heavy (non-hydrogen) atoms. The molecule has 0 fully saturated rings. The third-order valence-electron chi connectivity index (χ3n) is 2.18. The van der Waals surface area contributed by atoms with Gasteiger partial charge in [-0.3, -0.25) is 4.68 Å². The van der Waals surface area contributed by atoms with Gasteiger partial charge in [0.15, 0.2) is 0 Å². The van der Waals surface area contributed by atoms with E-state index in [1.54, 1.807) is 6.20 Å². The van der Waals surface area contributed by atoms with E-state index in [0.717, 1.165) is 16.8 Å². The fraction of sp³-hybridized carbons (Fsp3) is 0.0833. The first-order chi connectivity index (χ1) is 6.83. The molecule has 2 aromatic rings.